The van der Waals surface area contributed by atoms with E-state index in [1.807, 2.05) is 31.4 Å². The maximum atomic E-state index is 12.4. The van der Waals surface area contributed by atoms with Gasteiger partial charge in [0.15, 0.2) is 0 Å². The molecule has 3 nitrogen and oxygen atoms in total. The lowest BCUT2D eigenvalue weighted by Gasteiger charge is -2.11. The molecule has 0 radical (unpaired) electrons. The van der Waals surface area contributed by atoms with E-state index in [0.29, 0.717) is 27.0 Å². The molecule has 0 aliphatic rings. The zero-order valence-electron chi connectivity index (χ0n) is 11.5. The predicted molar refractivity (Wildman–Crippen MR) is 91.8 cm³/mol. The van der Waals surface area contributed by atoms with Crippen molar-refractivity contribution in [3.63, 3.8) is 0 Å². The van der Waals surface area contributed by atoms with Crippen molar-refractivity contribution in [3.8, 4) is 0 Å². The highest BCUT2D eigenvalue weighted by atomic mass is 35.5. The summed E-state index contributed by atoms with van der Waals surface area (Å²) in [5.74, 6) is -0.208. The second-order valence-corrected chi connectivity index (χ2v) is 6.18. The number of amides is 1. The van der Waals surface area contributed by atoms with Gasteiger partial charge in [0, 0.05) is 16.1 Å². The van der Waals surface area contributed by atoms with Crippen molar-refractivity contribution in [1.29, 1.82) is 0 Å². The third kappa shape index (κ3) is 3.64. The number of carbonyl (C=O) groups excluding carboxylic acids is 1. The Kier molecular flexibility index (Phi) is 5.04. The van der Waals surface area contributed by atoms with Crippen LogP contribution < -0.4 is 11.1 Å². The van der Waals surface area contributed by atoms with E-state index in [2.05, 4.69) is 5.32 Å². The van der Waals surface area contributed by atoms with Gasteiger partial charge < -0.3 is 11.1 Å². The Labute approximate surface area is 137 Å². The van der Waals surface area contributed by atoms with Gasteiger partial charge in [0.05, 0.1) is 15.7 Å². The highest BCUT2D eigenvalue weighted by Crippen LogP contribution is 2.31. The van der Waals surface area contributed by atoms with Crippen LogP contribution >= 0.6 is 35.0 Å². The van der Waals surface area contributed by atoms with E-state index in [-0.39, 0.29) is 5.91 Å². The Balaban J connectivity index is 2.30. The number of anilines is 2. The van der Waals surface area contributed by atoms with Crippen LogP contribution in [0.3, 0.4) is 0 Å². The Morgan fingerprint density at radius 3 is 2.38 bits per heavy atom. The summed E-state index contributed by atoms with van der Waals surface area (Å²) < 4.78 is 0. The van der Waals surface area contributed by atoms with Gasteiger partial charge in [-0.2, -0.15) is 0 Å². The molecule has 1 amide bonds. The molecule has 0 unspecified atom stereocenters. The average Bonchev–Trinajstić information content (AvgIpc) is 2.45. The SMILES string of the molecule is CSc1ccc(C)c(C(=O)Nc2cc(Cl)c(N)c(Cl)c2)c1. The molecule has 0 heterocycles. The number of hydrogen-bond acceptors (Lipinski definition) is 3. The van der Waals surface area contributed by atoms with Crippen LogP contribution in [0.5, 0.6) is 0 Å². The number of nitrogen functional groups attached to an aromatic ring is 1. The summed E-state index contributed by atoms with van der Waals surface area (Å²) in [6, 6.07) is 8.91. The molecular weight excluding hydrogens is 327 g/mol. The van der Waals surface area contributed by atoms with Crippen molar-refractivity contribution in [1.82, 2.24) is 0 Å². The first-order valence-corrected chi connectivity index (χ1v) is 8.11. The van der Waals surface area contributed by atoms with Crippen LogP contribution in [0.2, 0.25) is 10.0 Å². The fourth-order valence-electron chi connectivity index (χ4n) is 1.83. The molecule has 0 saturated heterocycles. The topological polar surface area (TPSA) is 55.1 Å². The van der Waals surface area contributed by atoms with Crippen molar-refractivity contribution in [3.05, 3.63) is 51.5 Å². The summed E-state index contributed by atoms with van der Waals surface area (Å²) in [5.41, 5.74) is 8.01. The molecule has 21 heavy (non-hydrogen) atoms. The minimum absolute atomic E-state index is 0.208. The molecule has 0 aliphatic heterocycles. The highest BCUT2D eigenvalue weighted by Gasteiger charge is 2.12. The van der Waals surface area contributed by atoms with E-state index >= 15 is 0 Å². The summed E-state index contributed by atoms with van der Waals surface area (Å²) >= 11 is 13.5. The number of nitrogens with one attached hydrogen (secondary N) is 1. The number of rotatable bonds is 3. The molecule has 0 fully saturated rings. The van der Waals surface area contributed by atoms with Gasteiger partial charge in [-0.05, 0) is 43.0 Å². The number of thioether (sulfide) groups is 1. The molecular formula is C15H14Cl2N2OS. The summed E-state index contributed by atoms with van der Waals surface area (Å²) in [5, 5.41) is 3.41. The molecule has 0 bridgehead atoms. The van der Waals surface area contributed by atoms with E-state index in [1.165, 1.54) is 0 Å². The van der Waals surface area contributed by atoms with Gasteiger partial charge in [-0.15, -0.1) is 11.8 Å². The molecule has 0 spiro atoms. The monoisotopic (exact) mass is 340 g/mol. The standard InChI is InChI=1S/C15H14Cl2N2OS/c1-8-3-4-10(21-2)7-11(8)15(20)19-9-5-12(16)14(18)13(17)6-9/h3-7H,18H2,1-2H3,(H,19,20). The van der Waals surface area contributed by atoms with Gasteiger partial charge in [-0.3, -0.25) is 4.79 Å². The van der Waals surface area contributed by atoms with E-state index in [4.69, 9.17) is 28.9 Å². The molecule has 2 aromatic carbocycles. The second-order valence-electron chi connectivity index (χ2n) is 4.49. The van der Waals surface area contributed by atoms with E-state index in [9.17, 15) is 4.79 Å². The molecule has 6 heteroatoms. The number of carbonyl (C=O) groups is 1. The molecule has 2 aromatic rings. The van der Waals surface area contributed by atoms with Crippen LogP contribution in [0, 0.1) is 6.92 Å². The van der Waals surface area contributed by atoms with Crippen molar-refractivity contribution >= 4 is 52.2 Å². The van der Waals surface area contributed by atoms with Crippen molar-refractivity contribution in [2.24, 2.45) is 0 Å². The van der Waals surface area contributed by atoms with Crippen LogP contribution in [0.4, 0.5) is 11.4 Å². The number of hydrogen-bond donors (Lipinski definition) is 2. The van der Waals surface area contributed by atoms with Crippen LogP contribution in [-0.2, 0) is 0 Å². The third-order valence-corrected chi connectivity index (χ3v) is 4.38. The molecule has 0 atom stereocenters. The molecule has 2 rings (SSSR count). The number of aryl methyl sites for hydroxylation is 1. The van der Waals surface area contributed by atoms with Gasteiger partial charge in [0.25, 0.3) is 5.91 Å². The summed E-state index contributed by atoms with van der Waals surface area (Å²) in [4.78, 5) is 13.4. The molecule has 110 valence electrons. The van der Waals surface area contributed by atoms with Crippen LogP contribution in [-0.4, -0.2) is 12.2 Å². The lowest BCUT2D eigenvalue weighted by atomic mass is 10.1. The average molecular weight is 341 g/mol. The van der Waals surface area contributed by atoms with E-state index < -0.39 is 0 Å². The van der Waals surface area contributed by atoms with Gasteiger partial charge in [0.2, 0.25) is 0 Å². The zero-order valence-corrected chi connectivity index (χ0v) is 13.9. The lowest BCUT2D eigenvalue weighted by molar-refractivity contribution is 0.102. The molecule has 0 saturated carbocycles. The summed E-state index contributed by atoms with van der Waals surface area (Å²) in [6.07, 6.45) is 1.96. The first kappa shape index (κ1) is 16.0. The second kappa shape index (κ2) is 6.60. The molecule has 0 aromatic heterocycles. The Morgan fingerprint density at radius 1 is 1.19 bits per heavy atom. The Morgan fingerprint density at radius 2 is 1.81 bits per heavy atom. The largest absolute Gasteiger partial charge is 0.396 e. The zero-order chi connectivity index (χ0) is 15.6. The van der Waals surface area contributed by atoms with Gasteiger partial charge >= 0.3 is 0 Å². The highest BCUT2D eigenvalue weighted by molar-refractivity contribution is 7.98. The number of halogens is 2. The smallest absolute Gasteiger partial charge is 0.255 e. The van der Waals surface area contributed by atoms with E-state index in [0.717, 1.165) is 10.5 Å². The maximum Gasteiger partial charge on any atom is 0.255 e. The molecule has 3 N–H and O–H groups in total. The summed E-state index contributed by atoms with van der Waals surface area (Å²) in [7, 11) is 0. The van der Waals surface area contributed by atoms with Gasteiger partial charge in [-0.1, -0.05) is 29.3 Å². The van der Waals surface area contributed by atoms with Crippen molar-refractivity contribution in [2.45, 2.75) is 11.8 Å². The van der Waals surface area contributed by atoms with Gasteiger partial charge in [0.1, 0.15) is 0 Å². The molecule has 0 aliphatic carbocycles. The summed E-state index contributed by atoms with van der Waals surface area (Å²) in [6.45, 7) is 1.89. The number of nitrogens with two attached hydrogens (primary N) is 1. The Hall–Kier alpha value is -1.36. The first-order valence-electron chi connectivity index (χ1n) is 6.13. The fourth-order valence-corrected chi connectivity index (χ4v) is 2.75. The number of benzene rings is 2. The normalized spacial score (nSPS) is 10.5. The van der Waals surface area contributed by atoms with Crippen LogP contribution in [0.25, 0.3) is 0 Å². The van der Waals surface area contributed by atoms with E-state index in [1.54, 1.807) is 23.9 Å². The first-order chi connectivity index (χ1) is 9.92. The quantitative estimate of drug-likeness (QED) is 0.619. The maximum absolute atomic E-state index is 12.4. The minimum atomic E-state index is -0.208. The van der Waals surface area contributed by atoms with Crippen LogP contribution in [0.1, 0.15) is 15.9 Å². The van der Waals surface area contributed by atoms with Crippen molar-refractivity contribution < 1.29 is 4.79 Å². The third-order valence-electron chi connectivity index (χ3n) is 3.03. The lowest BCUT2D eigenvalue weighted by Crippen LogP contribution is -2.13. The predicted octanol–water partition coefficient (Wildman–Crippen LogP) is 4.86. The van der Waals surface area contributed by atoms with Gasteiger partial charge in [-0.25, -0.2) is 0 Å². The fraction of sp³-hybridized carbons (Fsp3) is 0.133. The van der Waals surface area contributed by atoms with Crippen molar-refractivity contribution in [2.75, 3.05) is 17.3 Å². The van der Waals surface area contributed by atoms with Crippen LogP contribution in [0.15, 0.2) is 35.2 Å². The minimum Gasteiger partial charge on any atom is -0.396 e. The Bertz CT molecular complexity index is 681.